The number of hydrogen-bond donors (Lipinski definition) is 1. The lowest BCUT2D eigenvalue weighted by Gasteiger charge is -2.34. The number of nitrogens with zero attached hydrogens (tertiary/aromatic N) is 3. The minimum absolute atomic E-state index is 0.280. The van der Waals surface area contributed by atoms with Gasteiger partial charge in [0.15, 0.2) is 0 Å². The topological polar surface area (TPSA) is 59.5 Å². The number of rotatable bonds is 4. The molecule has 0 unspecified atom stereocenters. The van der Waals surface area contributed by atoms with Crippen molar-refractivity contribution in [1.82, 2.24) is 14.9 Å². The maximum Gasteiger partial charge on any atom is 0.133 e. The highest BCUT2D eigenvalue weighted by atomic mass is 16.5. The van der Waals surface area contributed by atoms with Gasteiger partial charge in [0, 0.05) is 24.8 Å². The summed E-state index contributed by atoms with van der Waals surface area (Å²) in [5.74, 6) is 1.76. The smallest absolute Gasteiger partial charge is 0.133 e. The molecule has 0 bridgehead atoms. The molecule has 0 aromatic carbocycles. The average molecular weight is 292 g/mol. The van der Waals surface area contributed by atoms with Crippen molar-refractivity contribution < 1.29 is 9.47 Å². The second-order valence-corrected chi connectivity index (χ2v) is 5.65. The van der Waals surface area contributed by atoms with E-state index in [4.69, 9.17) is 9.47 Å². The first-order valence-electron chi connectivity index (χ1n) is 7.76. The van der Waals surface area contributed by atoms with Crippen LogP contribution < -0.4 is 5.32 Å². The number of anilines is 1. The van der Waals surface area contributed by atoms with Gasteiger partial charge in [-0.15, -0.1) is 0 Å². The van der Waals surface area contributed by atoms with Crippen LogP contribution in [0.5, 0.6) is 0 Å². The number of aromatic nitrogens is 2. The molecule has 2 aliphatic heterocycles. The summed E-state index contributed by atoms with van der Waals surface area (Å²) in [6.45, 7) is 9.16. The molecule has 0 spiro atoms. The summed E-state index contributed by atoms with van der Waals surface area (Å²) in [5, 5.41) is 3.59. The zero-order valence-corrected chi connectivity index (χ0v) is 12.8. The molecule has 2 atom stereocenters. The van der Waals surface area contributed by atoms with E-state index in [0.29, 0.717) is 6.04 Å². The van der Waals surface area contributed by atoms with Crippen molar-refractivity contribution in [2.24, 2.45) is 0 Å². The first-order valence-corrected chi connectivity index (χ1v) is 7.76. The van der Waals surface area contributed by atoms with Gasteiger partial charge in [-0.25, -0.2) is 9.97 Å². The van der Waals surface area contributed by atoms with Crippen LogP contribution in [0.2, 0.25) is 0 Å². The predicted octanol–water partition coefficient (Wildman–Crippen LogP) is 0.859. The Balaban J connectivity index is 1.72. The molecule has 1 aromatic rings. The Bertz CT molecular complexity index is 477. The summed E-state index contributed by atoms with van der Waals surface area (Å²) < 4.78 is 11.2. The Morgan fingerprint density at radius 1 is 1.29 bits per heavy atom. The fourth-order valence-corrected chi connectivity index (χ4v) is 3.00. The molecule has 0 amide bonds. The largest absolute Gasteiger partial charge is 0.379 e. The van der Waals surface area contributed by atoms with Crippen LogP contribution in [0.3, 0.4) is 0 Å². The van der Waals surface area contributed by atoms with Crippen molar-refractivity contribution in [3.8, 4) is 0 Å². The van der Waals surface area contributed by atoms with Crippen LogP contribution in [0.1, 0.15) is 18.3 Å². The lowest BCUT2D eigenvalue weighted by Crippen LogP contribution is -2.51. The summed E-state index contributed by atoms with van der Waals surface area (Å²) in [6, 6.07) is 0.677. The number of ether oxygens (including phenoxy) is 2. The molecule has 6 heteroatoms. The molecule has 21 heavy (non-hydrogen) atoms. The standard InChI is InChI=1S/C15H24N4O2/c1-3-12-8-16-11(2)17-15(12)18-13-9-21-10-14(13)19-4-6-20-7-5-19/h8,13-14H,3-7,9-10H2,1-2H3,(H,16,17,18)/t13-,14-/m1/s1. The van der Waals surface area contributed by atoms with Gasteiger partial charge in [0.2, 0.25) is 0 Å². The van der Waals surface area contributed by atoms with E-state index >= 15 is 0 Å². The second kappa shape index (κ2) is 6.68. The Morgan fingerprint density at radius 3 is 2.86 bits per heavy atom. The number of hydrogen-bond acceptors (Lipinski definition) is 6. The summed E-state index contributed by atoms with van der Waals surface area (Å²) in [6.07, 6.45) is 2.85. The molecule has 0 aliphatic carbocycles. The fourth-order valence-electron chi connectivity index (χ4n) is 3.00. The minimum atomic E-state index is 0.280. The van der Waals surface area contributed by atoms with Crippen LogP contribution in [-0.4, -0.2) is 66.5 Å². The third-order valence-electron chi connectivity index (χ3n) is 4.25. The zero-order chi connectivity index (χ0) is 14.7. The van der Waals surface area contributed by atoms with E-state index in [1.807, 2.05) is 13.1 Å². The van der Waals surface area contributed by atoms with Gasteiger partial charge in [0.1, 0.15) is 11.6 Å². The van der Waals surface area contributed by atoms with Crippen molar-refractivity contribution in [3.05, 3.63) is 17.6 Å². The summed E-state index contributed by atoms with van der Waals surface area (Å²) in [7, 11) is 0. The van der Waals surface area contributed by atoms with Gasteiger partial charge in [0.05, 0.1) is 38.5 Å². The van der Waals surface area contributed by atoms with Gasteiger partial charge < -0.3 is 14.8 Å². The molecular weight excluding hydrogens is 268 g/mol. The zero-order valence-electron chi connectivity index (χ0n) is 12.8. The maximum atomic E-state index is 5.71. The quantitative estimate of drug-likeness (QED) is 0.888. The molecular formula is C15H24N4O2. The normalized spacial score (nSPS) is 27.0. The van der Waals surface area contributed by atoms with Crippen molar-refractivity contribution in [2.45, 2.75) is 32.4 Å². The monoisotopic (exact) mass is 292 g/mol. The third-order valence-corrected chi connectivity index (χ3v) is 4.25. The molecule has 3 heterocycles. The number of aryl methyl sites for hydroxylation is 2. The summed E-state index contributed by atoms with van der Waals surface area (Å²) >= 11 is 0. The molecule has 2 aliphatic rings. The Labute approximate surface area is 125 Å². The number of morpholine rings is 1. The molecule has 3 rings (SSSR count). The molecule has 0 saturated carbocycles. The van der Waals surface area contributed by atoms with Crippen LogP contribution in [0, 0.1) is 6.92 Å². The third kappa shape index (κ3) is 3.33. The summed E-state index contributed by atoms with van der Waals surface area (Å²) in [5.41, 5.74) is 1.16. The highest BCUT2D eigenvalue weighted by Gasteiger charge is 2.34. The van der Waals surface area contributed by atoms with Gasteiger partial charge in [-0.05, 0) is 13.3 Å². The molecule has 2 saturated heterocycles. The van der Waals surface area contributed by atoms with Gasteiger partial charge in [-0.1, -0.05) is 6.92 Å². The minimum Gasteiger partial charge on any atom is -0.379 e. The van der Waals surface area contributed by atoms with Crippen LogP contribution in [0.4, 0.5) is 5.82 Å². The SMILES string of the molecule is CCc1cnc(C)nc1N[C@@H]1COC[C@H]1N1CCOCC1. The van der Waals surface area contributed by atoms with Crippen molar-refractivity contribution in [1.29, 1.82) is 0 Å². The van der Waals surface area contributed by atoms with E-state index < -0.39 is 0 Å². The second-order valence-electron chi connectivity index (χ2n) is 5.65. The highest BCUT2D eigenvalue weighted by molar-refractivity contribution is 5.44. The van der Waals surface area contributed by atoms with E-state index in [1.165, 1.54) is 0 Å². The van der Waals surface area contributed by atoms with E-state index in [2.05, 4.69) is 27.1 Å². The molecule has 116 valence electrons. The van der Waals surface area contributed by atoms with E-state index in [1.54, 1.807) is 0 Å². The molecule has 1 N–H and O–H groups in total. The number of nitrogens with one attached hydrogen (secondary N) is 1. The Morgan fingerprint density at radius 2 is 2.10 bits per heavy atom. The first-order chi connectivity index (χ1) is 10.3. The molecule has 2 fully saturated rings. The van der Waals surface area contributed by atoms with Gasteiger partial charge in [0.25, 0.3) is 0 Å². The van der Waals surface area contributed by atoms with Crippen molar-refractivity contribution >= 4 is 5.82 Å². The fraction of sp³-hybridized carbons (Fsp3) is 0.733. The molecule has 0 radical (unpaired) electrons. The maximum absolute atomic E-state index is 5.71. The molecule has 1 aromatic heterocycles. The van der Waals surface area contributed by atoms with Crippen molar-refractivity contribution in [3.63, 3.8) is 0 Å². The van der Waals surface area contributed by atoms with Crippen LogP contribution >= 0.6 is 0 Å². The predicted molar refractivity (Wildman–Crippen MR) is 80.6 cm³/mol. The van der Waals surface area contributed by atoms with E-state index in [-0.39, 0.29) is 6.04 Å². The lowest BCUT2D eigenvalue weighted by molar-refractivity contribution is 0.0130. The highest BCUT2D eigenvalue weighted by Crippen LogP contribution is 2.21. The molecule has 6 nitrogen and oxygen atoms in total. The van der Waals surface area contributed by atoms with Gasteiger partial charge in [-0.3, -0.25) is 4.90 Å². The Kier molecular flexibility index (Phi) is 4.67. The summed E-state index contributed by atoms with van der Waals surface area (Å²) in [4.78, 5) is 11.3. The van der Waals surface area contributed by atoms with Gasteiger partial charge in [-0.2, -0.15) is 0 Å². The van der Waals surface area contributed by atoms with Crippen molar-refractivity contribution in [2.75, 3.05) is 44.8 Å². The lowest BCUT2D eigenvalue weighted by atomic mass is 10.1. The van der Waals surface area contributed by atoms with Crippen LogP contribution in [0.15, 0.2) is 6.20 Å². The average Bonchev–Trinajstić information content (AvgIpc) is 2.96. The van der Waals surface area contributed by atoms with Crippen LogP contribution in [0.25, 0.3) is 0 Å². The van der Waals surface area contributed by atoms with E-state index in [0.717, 1.165) is 63.1 Å². The Hall–Kier alpha value is -1.24. The van der Waals surface area contributed by atoms with Crippen LogP contribution in [-0.2, 0) is 15.9 Å². The first kappa shape index (κ1) is 14.7. The van der Waals surface area contributed by atoms with Gasteiger partial charge >= 0.3 is 0 Å². The van der Waals surface area contributed by atoms with E-state index in [9.17, 15) is 0 Å².